The lowest BCUT2D eigenvalue weighted by Crippen LogP contribution is -2.21. The Morgan fingerprint density at radius 2 is 1.77 bits per heavy atom. The first kappa shape index (κ1) is 11.0. The van der Waals surface area contributed by atoms with Gasteiger partial charge in [0, 0.05) is 0 Å². The van der Waals surface area contributed by atoms with Crippen LogP contribution in [0, 0.1) is 0 Å². The Balaban J connectivity index is 2.07. The van der Waals surface area contributed by atoms with Gasteiger partial charge in [0.15, 0.2) is 9.76 Å². The molecule has 0 aliphatic rings. The largest absolute Gasteiger partial charge is 0.449 e. The SMILES string of the molecule is [SiH3]O[SiH2]O[SiH2]O[SiH2]c1ccccc1. The lowest BCUT2D eigenvalue weighted by atomic mass is 10.4. The van der Waals surface area contributed by atoms with E-state index in [4.69, 9.17) is 12.3 Å². The summed E-state index contributed by atoms with van der Waals surface area (Å²) in [4.78, 5) is 0. The summed E-state index contributed by atoms with van der Waals surface area (Å²) >= 11 is 0. The molecule has 0 radical (unpaired) electrons. The topological polar surface area (TPSA) is 27.7 Å². The summed E-state index contributed by atoms with van der Waals surface area (Å²) in [6, 6.07) is 10.3. The van der Waals surface area contributed by atoms with Crippen LogP contribution in [-0.2, 0) is 12.3 Å². The molecular formula is C6H14O3Si4. The second-order valence-corrected chi connectivity index (χ2v) is 9.71. The zero-order chi connectivity index (χ0) is 9.36. The molecule has 0 fully saturated rings. The number of rotatable bonds is 6. The lowest BCUT2D eigenvalue weighted by Gasteiger charge is -2.03. The van der Waals surface area contributed by atoms with Crippen molar-refractivity contribution in [1.29, 1.82) is 0 Å². The first-order valence-electron chi connectivity index (χ1n) is 4.12. The highest BCUT2D eigenvalue weighted by molar-refractivity contribution is 6.54. The van der Waals surface area contributed by atoms with Gasteiger partial charge in [-0.05, 0) is 5.19 Å². The molecule has 0 aliphatic heterocycles. The van der Waals surface area contributed by atoms with E-state index in [2.05, 4.69) is 12.1 Å². The van der Waals surface area contributed by atoms with Crippen molar-refractivity contribution in [2.75, 3.05) is 0 Å². The van der Waals surface area contributed by atoms with Crippen LogP contribution in [-0.4, -0.2) is 40.3 Å². The third kappa shape index (κ3) is 5.31. The predicted octanol–water partition coefficient (Wildman–Crippen LogP) is -3.28. The van der Waals surface area contributed by atoms with Gasteiger partial charge in [0.05, 0.1) is 0 Å². The van der Waals surface area contributed by atoms with Crippen LogP contribution in [0.5, 0.6) is 0 Å². The van der Waals surface area contributed by atoms with Gasteiger partial charge < -0.3 is 12.3 Å². The van der Waals surface area contributed by atoms with Crippen LogP contribution < -0.4 is 5.19 Å². The van der Waals surface area contributed by atoms with Crippen molar-refractivity contribution in [3.8, 4) is 0 Å². The van der Waals surface area contributed by atoms with Gasteiger partial charge in [-0.2, -0.15) is 0 Å². The zero-order valence-corrected chi connectivity index (χ0v) is 14.0. The maximum Gasteiger partial charge on any atom is 0.284 e. The number of hydrogen-bond acceptors (Lipinski definition) is 3. The monoisotopic (exact) mass is 246 g/mol. The molecule has 7 heteroatoms. The van der Waals surface area contributed by atoms with Crippen LogP contribution in [0.3, 0.4) is 0 Å². The van der Waals surface area contributed by atoms with E-state index in [-0.39, 0.29) is 0 Å². The van der Waals surface area contributed by atoms with E-state index >= 15 is 0 Å². The second kappa shape index (κ2) is 7.38. The van der Waals surface area contributed by atoms with Crippen LogP contribution >= 0.6 is 0 Å². The second-order valence-electron chi connectivity index (χ2n) is 2.56. The highest BCUT2D eigenvalue weighted by Gasteiger charge is 1.92. The molecule has 1 rings (SSSR count). The average molecular weight is 247 g/mol. The fourth-order valence-corrected chi connectivity index (χ4v) is 6.62. The van der Waals surface area contributed by atoms with Crippen molar-refractivity contribution in [3.63, 3.8) is 0 Å². The van der Waals surface area contributed by atoms with Crippen molar-refractivity contribution >= 4 is 45.4 Å². The molecule has 13 heavy (non-hydrogen) atoms. The zero-order valence-electron chi connectivity index (χ0n) is 7.73. The quantitative estimate of drug-likeness (QED) is 0.389. The molecule has 0 unspecified atom stereocenters. The lowest BCUT2D eigenvalue weighted by molar-refractivity contribution is 0.441. The Hall–Kier alpha value is -0.0325. The molecule has 0 bridgehead atoms. The third-order valence-corrected chi connectivity index (χ3v) is 6.04. The van der Waals surface area contributed by atoms with Crippen LogP contribution in [0.25, 0.3) is 0 Å². The van der Waals surface area contributed by atoms with Gasteiger partial charge in [0.25, 0.3) is 20.0 Å². The summed E-state index contributed by atoms with van der Waals surface area (Å²) < 4.78 is 15.9. The first-order chi connectivity index (χ1) is 6.43. The maximum atomic E-state index is 5.55. The van der Waals surface area contributed by atoms with Crippen LogP contribution in [0.4, 0.5) is 0 Å². The van der Waals surface area contributed by atoms with E-state index < -0.39 is 29.8 Å². The summed E-state index contributed by atoms with van der Waals surface area (Å²) in [7, 11) is -1.11. The van der Waals surface area contributed by atoms with Gasteiger partial charge in [0.1, 0.15) is 10.5 Å². The van der Waals surface area contributed by atoms with Crippen molar-refractivity contribution in [1.82, 2.24) is 0 Å². The average Bonchev–Trinajstić information content (AvgIpc) is 2.19. The van der Waals surface area contributed by atoms with E-state index in [1.807, 2.05) is 18.2 Å². The van der Waals surface area contributed by atoms with Crippen LogP contribution in [0.15, 0.2) is 30.3 Å². The summed E-state index contributed by atoms with van der Waals surface area (Å²) in [5.74, 6) is 0. The molecule has 0 saturated heterocycles. The van der Waals surface area contributed by atoms with Gasteiger partial charge >= 0.3 is 0 Å². The fourth-order valence-electron chi connectivity index (χ4n) is 0.910. The minimum absolute atomic E-state index is 0.525. The molecule has 0 saturated carbocycles. The van der Waals surface area contributed by atoms with Crippen molar-refractivity contribution in [3.05, 3.63) is 30.3 Å². The Morgan fingerprint density at radius 3 is 2.46 bits per heavy atom. The van der Waals surface area contributed by atoms with Crippen molar-refractivity contribution in [2.45, 2.75) is 0 Å². The summed E-state index contributed by atoms with van der Waals surface area (Å²) in [6.45, 7) is 0. The Labute approximate surface area is 88.4 Å². The maximum absolute atomic E-state index is 5.55. The molecule has 0 amide bonds. The summed E-state index contributed by atoms with van der Waals surface area (Å²) in [5, 5.41) is 1.34. The summed E-state index contributed by atoms with van der Waals surface area (Å²) in [6.07, 6.45) is 0. The van der Waals surface area contributed by atoms with E-state index in [9.17, 15) is 0 Å². The summed E-state index contributed by atoms with van der Waals surface area (Å²) in [5.41, 5.74) is 0. The van der Waals surface area contributed by atoms with E-state index in [1.165, 1.54) is 5.19 Å². The van der Waals surface area contributed by atoms with Crippen molar-refractivity contribution < 1.29 is 12.3 Å². The van der Waals surface area contributed by atoms with E-state index in [0.717, 1.165) is 10.5 Å². The highest BCUT2D eigenvalue weighted by atomic mass is 28.4. The Bertz CT molecular complexity index is 220. The van der Waals surface area contributed by atoms with Crippen LogP contribution in [0.2, 0.25) is 0 Å². The minimum atomic E-state index is -0.723. The molecule has 1 aromatic rings. The molecule has 3 nitrogen and oxygen atoms in total. The molecule has 72 valence electrons. The fraction of sp³-hybridized carbons (Fsp3) is 0. The molecule has 1 aromatic carbocycles. The Kier molecular flexibility index (Phi) is 6.27. The number of benzene rings is 1. The van der Waals surface area contributed by atoms with E-state index in [1.54, 1.807) is 0 Å². The highest BCUT2D eigenvalue weighted by Crippen LogP contribution is 1.81. The van der Waals surface area contributed by atoms with E-state index in [0.29, 0.717) is 0 Å². The van der Waals surface area contributed by atoms with Gasteiger partial charge in [-0.25, -0.2) is 0 Å². The molecule has 0 N–H and O–H groups in total. The van der Waals surface area contributed by atoms with Crippen LogP contribution in [0.1, 0.15) is 0 Å². The predicted molar refractivity (Wildman–Crippen MR) is 64.9 cm³/mol. The Morgan fingerprint density at radius 1 is 1.00 bits per heavy atom. The van der Waals surface area contributed by atoms with Gasteiger partial charge in [-0.3, -0.25) is 0 Å². The van der Waals surface area contributed by atoms with Gasteiger partial charge in [0.2, 0.25) is 0 Å². The molecular weight excluding hydrogens is 232 g/mol. The first-order valence-corrected chi connectivity index (χ1v) is 8.53. The molecule has 0 aliphatic carbocycles. The van der Waals surface area contributed by atoms with Gasteiger partial charge in [-0.15, -0.1) is 0 Å². The molecule has 0 atom stereocenters. The molecule has 0 heterocycles. The third-order valence-electron chi connectivity index (χ3n) is 1.48. The van der Waals surface area contributed by atoms with Gasteiger partial charge in [-0.1, -0.05) is 30.3 Å². The standard InChI is InChI=1S/C6H14O3Si4/c10-7-12-9-13-8-11-6-4-2-1-3-5-6/h1-5H,11-13H2,10H3. The number of hydrogen-bond donors (Lipinski definition) is 0. The smallest absolute Gasteiger partial charge is 0.284 e. The normalized spacial score (nSPS) is 13.2. The molecule has 0 aromatic heterocycles. The van der Waals surface area contributed by atoms with Crippen molar-refractivity contribution in [2.24, 2.45) is 0 Å². The molecule has 0 spiro atoms. The minimum Gasteiger partial charge on any atom is -0.449 e.